The molecule has 3 heterocycles. The van der Waals surface area contributed by atoms with Gasteiger partial charge in [-0.05, 0) is 19.8 Å². The highest BCUT2D eigenvalue weighted by atomic mass is 16.5. The second-order valence-corrected chi connectivity index (χ2v) is 4.44. The Kier molecular flexibility index (Phi) is 1.06. The highest BCUT2D eigenvalue weighted by molar-refractivity contribution is 5.08. The Morgan fingerprint density at radius 3 is 3.18 bits per heavy atom. The van der Waals surface area contributed by atoms with Gasteiger partial charge in [0, 0.05) is 24.9 Å². The van der Waals surface area contributed by atoms with Gasteiger partial charge in [0.2, 0.25) is 0 Å². The summed E-state index contributed by atoms with van der Waals surface area (Å²) in [5, 5.41) is 3.47. The minimum absolute atomic E-state index is 0.249. The quantitative estimate of drug-likeness (QED) is 0.555. The van der Waals surface area contributed by atoms with E-state index in [2.05, 4.69) is 12.2 Å². The molecular weight excluding hydrogens is 138 g/mol. The summed E-state index contributed by atoms with van der Waals surface area (Å²) < 4.78 is 5.99. The van der Waals surface area contributed by atoms with Crippen molar-refractivity contribution >= 4 is 0 Å². The second kappa shape index (κ2) is 1.80. The third-order valence-corrected chi connectivity index (χ3v) is 3.87. The Labute approximate surface area is 67.3 Å². The lowest BCUT2D eigenvalue weighted by molar-refractivity contribution is 0.00527. The molecule has 2 bridgehead atoms. The lowest BCUT2D eigenvalue weighted by atomic mass is 9.75. The molecule has 0 aromatic rings. The molecule has 2 nitrogen and oxygen atoms in total. The van der Waals surface area contributed by atoms with E-state index in [-0.39, 0.29) is 5.60 Å². The van der Waals surface area contributed by atoms with Gasteiger partial charge in [0.15, 0.2) is 0 Å². The van der Waals surface area contributed by atoms with Crippen molar-refractivity contribution in [3.8, 4) is 0 Å². The summed E-state index contributed by atoms with van der Waals surface area (Å²) in [4.78, 5) is 0. The SMILES string of the molecule is C[C@@]12CC[C@@H](O1)[C@@H]1CNC[C@H]12. The smallest absolute Gasteiger partial charge is 0.0703 e. The first kappa shape index (κ1) is 6.44. The van der Waals surface area contributed by atoms with Crippen LogP contribution in [-0.4, -0.2) is 24.8 Å². The predicted molar refractivity (Wildman–Crippen MR) is 42.4 cm³/mol. The molecule has 2 heteroatoms. The molecule has 0 unspecified atom stereocenters. The number of rotatable bonds is 0. The lowest BCUT2D eigenvalue weighted by Gasteiger charge is -2.27. The maximum Gasteiger partial charge on any atom is 0.0703 e. The predicted octanol–water partition coefficient (Wildman–Crippen LogP) is 0.773. The molecule has 3 aliphatic rings. The molecule has 3 fully saturated rings. The Hall–Kier alpha value is -0.0800. The molecule has 0 aromatic heterocycles. The van der Waals surface area contributed by atoms with Gasteiger partial charge in [-0.1, -0.05) is 0 Å². The number of nitrogens with one attached hydrogen (secondary N) is 1. The maximum absolute atomic E-state index is 5.99. The van der Waals surface area contributed by atoms with E-state index in [9.17, 15) is 0 Å². The summed E-state index contributed by atoms with van der Waals surface area (Å²) in [5.41, 5.74) is 0.249. The Balaban J connectivity index is 1.98. The molecule has 0 amide bonds. The van der Waals surface area contributed by atoms with Crippen LogP contribution < -0.4 is 5.32 Å². The third kappa shape index (κ3) is 0.651. The summed E-state index contributed by atoms with van der Waals surface area (Å²) in [6, 6.07) is 0. The third-order valence-electron chi connectivity index (χ3n) is 3.87. The summed E-state index contributed by atoms with van der Waals surface area (Å²) in [7, 11) is 0. The van der Waals surface area contributed by atoms with Gasteiger partial charge in [-0.3, -0.25) is 0 Å². The Bertz CT molecular complexity index is 194. The van der Waals surface area contributed by atoms with Gasteiger partial charge in [-0.25, -0.2) is 0 Å². The van der Waals surface area contributed by atoms with Crippen LogP contribution in [0.2, 0.25) is 0 Å². The van der Waals surface area contributed by atoms with Crippen molar-refractivity contribution in [2.75, 3.05) is 13.1 Å². The summed E-state index contributed by atoms with van der Waals surface area (Å²) in [5.74, 6) is 1.66. The van der Waals surface area contributed by atoms with Gasteiger partial charge in [-0.2, -0.15) is 0 Å². The second-order valence-electron chi connectivity index (χ2n) is 4.44. The van der Waals surface area contributed by atoms with Crippen molar-refractivity contribution in [3.63, 3.8) is 0 Å². The molecule has 0 spiro atoms. The zero-order chi connectivity index (χ0) is 7.47. The van der Waals surface area contributed by atoms with Crippen LogP contribution in [0.25, 0.3) is 0 Å². The molecule has 4 atom stereocenters. The Morgan fingerprint density at radius 2 is 2.36 bits per heavy atom. The van der Waals surface area contributed by atoms with E-state index < -0.39 is 0 Å². The zero-order valence-corrected chi connectivity index (χ0v) is 6.97. The van der Waals surface area contributed by atoms with Crippen LogP contribution in [0.15, 0.2) is 0 Å². The van der Waals surface area contributed by atoms with E-state index >= 15 is 0 Å². The van der Waals surface area contributed by atoms with Gasteiger partial charge in [0.25, 0.3) is 0 Å². The topological polar surface area (TPSA) is 21.3 Å². The van der Waals surface area contributed by atoms with Crippen molar-refractivity contribution in [3.05, 3.63) is 0 Å². The summed E-state index contributed by atoms with van der Waals surface area (Å²) in [6.45, 7) is 4.69. The standard InChI is InChI=1S/C9H15NO/c1-9-3-2-8(11-9)6-4-10-5-7(6)9/h6-8,10H,2-5H2,1H3/t6-,7-,8-,9+/m1/s1. The van der Waals surface area contributed by atoms with E-state index in [1.54, 1.807) is 0 Å². The van der Waals surface area contributed by atoms with Gasteiger partial charge in [0.05, 0.1) is 11.7 Å². The van der Waals surface area contributed by atoms with E-state index in [0.717, 1.165) is 11.8 Å². The van der Waals surface area contributed by atoms with E-state index in [1.807, 2.05) is 0 Å². The maximum atomic E-state index is 5.99. The molecule has 0 aliphatic carbocycles. The largest absolute Gasteiger partial charge is 0.371 e. The fraction of sp³-hybridized carbons (Fsp3) is 1.00. The van der Waals surface area contributed by atoms with Gasteiger partial charge >= 0.3 is 0 Å². The minimum atomic E-state index is 0.249. The van der Waals surface area contributed by atoms with Crippen molar-refractivity contribution in [2.24, 2.45) is 11.8 Å². The molecule has 11 heavy (non-hydrogen) atoms. The van der Waals surface area contributed by atoms with Gasteiger partial charge in [-0.15, -0.1) is 0 Å². The fourth-order valence-corrected chi connectivity index (χ4v) is 3.23. The monoisotopic (exact) mass is 153 g/mol. The Morgan fingerprint density at radius 1 is 1.45 bits per heavy atom. The first-order chi connectivity index (χ1) is 5.30. The van der Waals surface area contributed by atoms with Crippen LogP contribution in [0.4, 0.5) is 0 Å². The summed E-state index contributed by atoms with van der Waals surface area (Å²) >= 11 is 0. The van der Waals surface area contributed by atoms with Crippen LogP contribution >= 0.6 is 0 Å². The van der Waals surface area contributed by atoms with E-state index in [0.29, 0.717) is 6.10 Å². The molecule has 3 aliphatic heterocycles. The molecule has 1 N–H and O–H groups in total. The average molecular weight is 153 g/mol. The lowest BCUT2D eigenvalue weighted by Crippen LogP contribution is -2.34. The van der Waals surface area contributed by atoms with Crippen LogP contribution in [0.1, 0.15) is 19.8 Å². The molecule has 62 valence electrons. The minimum Gasteiger partial charge on any atom is -0.371 e. The first-order valence-corrected chi connectivity index (χ1v) is 4.68. The first-order valence-electron chi connectivity index (χ1n) is 4.68. The van der Waals surface area contributed by atoms with E-state index in [1.165, 1.54) is 25.9 Å². The fourth-order valence-electron chi connectivity index (χ4n) is 3.23. The average Bonchev–Trinajstić information content (AvgIpc) is 2.53. The van der Waals surface area contributed by atoms with Gasteiger partial charge in [0.1, 0.15) is 0 Å². The van der Waals surface area contributed by atoms with Crippen LogP contribution in [-0.2, 0) is 4.74 Å². The van der Waals surface area contributed by atoms with Crippen LogP contribution in [0.3, 0.4) is 0 Å². The number of hydrogen-bond donors (Lipinski definition) is 1. The van der Waals surface area contributed by atoms with Crippen molar-refractivity contribution in [2.45, 2.75) is 31.5 Å². The van der Waals surface area contributed by atoms with Crippen molar-refractivity contribution < 1.29 is 4.74 Å². The van der Waals surface area contributed by atoms with Crippen LogP contribution in [0, 0.1) is 11.8 Å². The molecule has 0 saturated carbocycles. The van der Waals surface area contributed by atoms with E-state index in [4.69, 9.17) is 4.74 Å². The van der Waals surface area contributed by atoms with Crippen molar-refractivity contribution in [1.82, 2.24) is 5.32 Å². The summed E-state index contributed by atoms with van der Waals surface area (Å²) in [6.07, 6.45) is 3.19. The number of ether oxygens (including phenoxy) is 1. The van der Waals surface area contributed by atoms with Gasteiger partial charge < -0.3 is 10.1 Å². The highest BCUT2D eigenvalue weighted by Gasteiger charge is 2.57. The zero-order valence-electron chi connectivity index (χ0n) is 6.97. The molecular formula is C9H15NO. The molecule has 3 saturated heterocycles. The van der Waals surface area contributed by atoms with Crippen LogP contribution in [0.5, 0.6) is 0 Å². The number of hydrogen-bond acceptors (Lipinski definition) is 2. The highest BCUT2D eigenvalue weighted by Crippen LogP contribution is 2.52. The normalized spacial score (nSPS) is 60.3. The van der Waals surface area contributed by atoms with Crippen molar-refractivity contribution in [1.29, 1.82) is 0 Å². The molecule has 3 rings (SSSR count). The molecule has 0 radical (unpaired) electrons. The molecule has 0 aromatic carbocycles. The number of fused-ring (bicyclic) bond motifs is 5.